The number of hydrogen-bond acceptors (Lipinski definition) is 3. The number of anilines is 1. The molecular weight excluding hydrogens is 304 g/mol. The molecule has 0 radical (unpaired) electrons. The lowest BCUT2D eigenvalue weighted by molar-refractivity contribution is 0.865. The molecule has 0 fully saturated rings. The van der Waals surface area contributed by atoms with Crippen LogP contribution in [0.5, 0.6) is 0 Å². The minimum Gasteiger partial charge on any atom is -0.382 e. The average molecular weight is 316 g/mol. The van der Waals surface area contributed by atoms with Crippen LogP contribution in [0.1, 0.15) is 12.7 Å². The van der Waals surface area contributed by atoms with Crippen LogP contribution in [-0.4, -0.2) is 9.66 Å². The molecular formula is C11H12BrClN4. The lowest BCUT2D eigenvalue weighted by Crippen LogP contribution is -2.14. The number of benzene rings is 1. The Bertz CT molecular complexity index is 565. The van der Waals surface area contributed by atoms with Crippen molar-refractivity contribution in [1.29, 1.82) is 0 Å². The third-order valence-electron chi connectivity index (χ3n) is 2.52. The van der Waals surface area contributed by atoms with E-state index in [9.17, 15) is 0 Å². The molecule has 17 heavy (non-hydrogen) atoms. The highest BCUT2D eigenvalue weighted by Crippen LogP contribution is 2.33. The van der Waals surface area contributed by atoms with Crippen LogP contribution in [0.2, 0.25) is 5.02 Å². The predicted octanol–water partition coefficient (Wildman–Crippen LogP) is 2.82. The van der Waals surface area contributed by atoms with Gasteiger partial charge >= 0.3 is 0 Å². The molecule has 1 aromatic heterocycles. The third kappa shape index (κ3) is 2.12. The molecule has 0 amide bonds. The fourth-order valence-corrected chi connectivity index (χ4v) is 2.23. The number of imidazole rings is 1. The van der Waals surface area contributed by atoms with Crippen LogP contribution in [0.15, 0.2) is 22.7 Å². The molecule has 0 atom stereocenters. The first kappa shape index (κ1) is 12.3. The van der Waals surface area contributed by atoms with E-state index < -0.39 is 0 Å². The lowest BCUT2D eigenvalue weighted by Gasteiger charge is -2.03. The van der Waals surface area contributed by atoms with E-state index in [0.29, 0.717) is 16.5 Å². The van der Waals surface area contributed by atoms with Crippen LogP contribution in [0.3, 0.4) is 0 Å². The molecule has 0 unspecified atom stereocenters. The molecule has 90 valence electrons. The Morgan fingerprint density at radius 2 is 2.18 bits per heavy atom. The number of aryl methyl sites for hydroxylation is 1. The van der Waals surface area contributed by atoms with Gasteiger partial charge in [0.05, 0.1) is 0 Å². The molecule has 0 saturated carbocycles. The van der Waals surface area contributed by atoms with Crippen molar-refractivity contribution in [3.63, 3.8) is 0 Å². The van der Waals surface area contributed by atoms with Crippen LogP contribution < -0.4 is 11.6 Å². The second-order valence-electron chi connectivity index (χ2n) is 3.61. The van der Waals surface area contributed by atoms with Crippen molar-refractivity contribution < 1.29 is 0 Å². The molecule has 2 aromatic rings. The molecule has 0 saturated heterocycles. The Kier molecular flexibility index (Phi) is 3.31. The summed E-state index contributed by atoms with van der Waals surface area (Å²) in [6.07, 6.45) is 0.721. The van der Waals surface area contributed by atoms with E-state index in [1.807, 2.05) is 19.1 Å². The second-order valence-corrected chi connectivity index (χ2v) is 4.90. The molecule has 1 heterocycles. The van der Waals surface area contributed by atoms with Crippen LogP contribution in [0.4, 0.5) is 5.82 Å². The van der Waals surface area contributed by atoms with Gasteiger partial charge in [0, 0.05) is 21.5 Å². The van der Waals surface area contributed by atoms with E-state index in [4.69, 9.17) is 23.2 Å². The maximum absolute atomic E-state index is 5.97. The first-order chi connectivity index (χ1) is 8.04. The highest BCUT2D eigenvalue weighted by Gasteiger charge is 2.15. The van der Waals surface area contributed by atoms with Gasteiger partial charge in [0.15, 0.2) is 5.82 Å². The summed E-state index contributed by atoms with van der Waals surface area (Å²) in [5.74, 6) is 7.00. The third-order valence-corrected chi connectivity index (χ3v) is 3.45. The fourth-order valence-electron chi connectivity index (χ4n) is 1.62. The van der Waals surface area contributed by atoms with Crippen molar-refractivity contribution in [1.82, 2.24) is 9.66 Å². The SMILES string of the molecule is CCc1nc(-c2cc(Cl)ccc2Br)c(N)n1N. The number of rotatable bonds is 2. The predicted molar refractivity (Wildman–Crippen MR) is 74.3 cm³/mol. The van der Waals surface area contributed by atoms with E-state index >= 15 is 0 Å². The van der Waals surface area contributed by atoms with Gasteiger partial charge in [0.25, 0.3) is 0 Å². The van der Waals surface area contributed by atoms with Crippen molar-refractivity contribution in [2.45, 2.75) is 13.3 Å². The summed E-state index contributed by atoms with van der Waals surface area (Å²) in [5.41, 5.74) is 7.43. The zero-order chi connectivity index (χ0) is 12.6. The Labute approximate surface area is 113 Å². The van der Waals surface area contributed by atoms with Crippen molar-refractivity contribution in [2.75, 3.05) is 11.6 Å². The van der Waals surface area contributed by atoms with Crippen LogP contribution in [0, 0.1) is 0 Å². The zero-order valence-electron chi connectivity index (χ0n) is 9.24. The van der Waals surface area contributed by atoms with E-state index in [-0.39, 0.29) is 0 Å². The summed E-state index contributed by atoms with van der Waals surface area (Å²) in [4.78, 5) is 4.42. The standard InChI is InChI=1S/C11H12BrClN4/c1-2-9-16-10(11(14)17(9)15)7-5-6(13)3-4-8(7)12/h3-5H,2,14-15H2,1H3. The van der Waals surface area contributed by atoms with Gasteiger partial charge in [0.2, 0.25) is 0 Å². The number of aromatic nitrogens is 2. The topological polar surface area (TPSA) is 69.9 Å². The molecule has 6 heteroatoms. The Morgan fingerprint density at radius 1 is 1.47 bits per heavy atom. The summed E-state index contributed by atoms with van der Waals surface area (Å²) < 4.78 is 2.29. The van der Waals surface area contributed by atoms with Gasteiger partial charge in [-0.05, 0) is 18.2 Å². The fraction of sp³-hybridized carbons (Fsp3) is 0.182. The number of hydrogen-bond donors (Lipinski definition) is 2. The monoisotopic (exact) mass is 314 g/mol. The first-order valence-corrected chi connectivity index (χ1v) is 6.29. The van der Waals surface area contributed by atoms with Gasteiger partial charge in [-0.25, -0.2) is 9.66 Å². The van der Waals surface area contributed by atoms with Crippen molar-refractivity contribution >= 4 is 33.3 Å². The van der Waals surface area contributed by atoms with E-state index in [0.717, 1.165) is 22.3 Å². The quantitative estimate of drug-likeness (QED) is 0.837. The molecule has 0 bridgehead atoms. The van der Waals surface area contributed by atoms with Gasteiger partial charge in [0.1, 0.15) is 11.5 Å². The zero-order valence-corrected chi connectivity index (χ0v) is 11.6. The normalized spacial score (nSPS) is 10.8. The Hall–Kier alpha value is -1.20. The molecule has 4 N–H and O–H groups in total. The van der Waals surface area contributed by atoms with Crippen molar-refractivity contribution in [2.24, 2.45) is 0 Å². The van der Waals surface area contributed by atoms with Crippen LogP contribution in [0.25, 0.3) is 11.3 Å². The number of halogens is 2. The van der Waals surface area contributed by atoms with E-state index in [1.54, 1.807) is 6.07 Å². The highest BCUT2D eigenvalue weighted by molar-refractivity contribution is 9.10. The van der Waals surface area contributed by atoms with E-state index in [1.165, 1.54) is 4.68 Å². The van der Waals surface area contributed by atoms with E-state index in [2.05, 4.69) is 20.9 Å². The molecule has 0 aliphatic rings. The average Bonchev–Trinajstić information content (AvgIpc) is 2.59. The molecule has 2 rings (SSSR count). The van der Waals surface area contributed by atoms with Gasteiger partial charge < -0.3 is 11.6 Å². The Morgan fingerprint density at radius 3 is 2.76 bits per heavy atom. The smallest absolute Gasteiger partial charge is 0.150 e. The summed E-state index contributed by atoms with van der Waals surface area (Å²) in [7, 11) is 0. The summed E-state index contributed by atoms with van der Waals surface area (Å²) in [6.45, 7) is 1.97. The molecule has 4 nitrogen and oxygen atoms in total. The van der Waals surface area contributed by atoms with Crippen LogP contribution in [-0.2, 0) is 6.42 Å². The number of nitrogen functional groups attached to an aromatic ring is 2. The lowest BCUT2D eigenvalue weighted by atomic mass is 10.1. The Balaban J connectivity index is 2.64. The minimum absolute atomic E-state index is 0.435. The van der Waals surface area contributed by atoms with Crippen molar-refractivity contribution in [3.05, 3.63) is 33.5 Å². The van der Waals surface area contributed by atoms with Gasteiger partial charge in [-0.2, -0.15) is 0 Å². The van der Waals surface area contributed by atoms with Gasteiger partial charge in [-0.1, -0.05) is 34.5 Å². The second kappa shape index (κ2) is 4.58. The summed E-state index contributed by atoms with van der Waals surface area (Å²) in [5, 5.41) is 0.632. The maximum atomic E-state index is 5.97. The number of nitrogens with two attached hydrogens (primary N) is 2. The van der Waals surface area contributed by atoms with Gasteiger partial charge in [-0.3, -0.25) is 0 Å². The summed E-state index contributed by atoms with van der Waals surface area (Å²) in [6, 6.07) is 5.47. The summed E-state index contributed by atoms with van der Waals surface area (Å²) >= 11 is 9.42. The van der Waals surface area contributed by atoms with Crippen molar-refractivity contribution in [3.8, 4) is 11.3 Å². The number of nitrogens with zero attached hydrogens (tertiary/aromatic N) is 2. The highest BCUT2D eigenvalue weighted by atomic mass is 79.9. The molecule has 1 aromatic carbocycles. The largest absolute Gasteiger partial charge is 0.382 e. The maximum Gasteiger partial charge on any atom is 0.150 e. The van der Waals surface area contributed by atoms with Gasteiger partial charge in [-0.15, -0.1) is 0 Å². The van der Waals surface area contributed by atoms with Crippen LogP contribution >= 0.6 is 27.5 Å². The molecule has 0 spiro atoms. The minimum atomic E-state index is 0.435. The first-order valence-electron chi connectivity index (χ1n) is 5.12. The molecule has 0 aliphatic heterocycles. The molecule has 0 aliphatic carbocycles.